The van der Waals surface area contributed by atoms with Crippen molar-refractivity contribution in [1.29, 1.82) is 0 Å². The van der Waals surface area contributed by atoms with Gasteiger partial charge in [-0.05, 0) is 12.0 Å². The molecule has 1 fully saturated rings. The Morgan fingerprint density at radius 3 is 2.81 bits per heavy atom. The van der Waals surface area contributed by atoms with Gasteiger partial charge in [-0.2, -0.15) is 0 Å². The van der Waals surface area contributed by atoms with Crippen molar-refractivity contribution in [3.63, 3.8) is 0 Å². The number of nitrogens with one attached hydrogen (secondary N) is 1. The summed E-state index contributed by atoms with van der Waals surface area (Å²) in [6.45, 7) is 2.93. The fraction of sp³-hybridized carbons (Fsp3) is 0.571. The van der Waals surface area contributed by atoms with Crippen LogP contribution in [0.25, 0.3) is 0 Å². The van der Waals surface area contributed by atoms with Crippen molar-refractivity contribution >= 4 is 0 Å². The predicted octanol–water partition coefficient (Wildman–Crippen LogP) is 3.25. The Kier molecular flexibility index (Phi) is 4.37. The first kappa shape index (κ1) is 11.6. The van der Waals surface area contributed by atoms with Crippen LogP contribution in [0, 0.1) is 0 Å². The van der Waals surface area contributed by atoms with Crippen LogP contribution in [0.4, 0.5) is 0 Å². The Morgan fingerprint density at radius 1 is 1.25 bits per heavy atom. The van der Waals surface area contributed by atoms with Gasteiger partial charge < -0.3 is 4.74 Å². The molecule has 0 amide bonds. The third kappa shape index (κ3) is 2.83. The predicted molar refractivity (Wildman–Crippen MR) is 66.2 cm³/mol. The Bertz CT molecular complexity index is 299. The Morgan fingerprint density at radius 2 is 2.06 bits per heavy atom. The first-order chi connectivity index (χ1) is 7.92. The molecule has 1 saturated heterocycles. The molecule has 0 aromatic heterocycles. The first-order valence-corrected chi connectivity index (χ1v) is 6.31. The van der Waals surface area contributed by atoms with Crippen molar-refractivity contribution in [1.82, 2.24) is 5.32 Å². The van der Waals surface area contributed by atoms with Gasteiger partial charge in [0, 0.05) is 6.04 Å². The molecule has 0 unspecified atom stereocenters. The highest BCUT2D eigenvalue weighted by Gasteiger charge is 2.28. The molecule has 0 radical (unpaired) electrons. The normalized spacial score (nSPS) is 24.8. The van der Waals surface area contributed by atoms with Gasteiger partial charge in [-0.1, -0.05) is 56.5 Å². The standard InChI is InChI=1S/C14H21NO/c1-2-3-5-10-13-14(16-11-15-13)12-8-6-4-7-9-12/h4,6-9,13-15H,2-3,5,10-11H2,1H3/t13-,14+/m0/s1. The number of unbranched alkanes of at least 4 members (excludes halogenated alkanes) is 2. The minimum atomic E-state index is 0.248. The molecule has 1 aromatic rings. The van der Waals surface area contributed by atoms with Gasteiger partial charge in [0.2, 0.25) is 0 Å². The molecule has 1 aliphatic rings. The smallest absolute Gasteiger partial charge is 0.0996 e. The quantitative estimate of drug-likeness (QED) is 0.767. The molecule has 2 heteroatoms. The number of ether oxygens (including phenoxy) is 1. The molecule has 0 bridgehead atoms. The van der Waals surface area contributed by atoms with E-state index in [9.17, 15) is 0 Å². The van der Waals surface area contributed by atoms with Crippen molar-refractivity contribution in [3.05, 3.63) is 35.9 Å². The van der Waals surface area contributed by atoms with Crippen LogP contribution in [0.2, 0.25) is 0 Å². The van der Waals surface area contributed by atoms with E-state index in [0.717, 1.165) is 0 Å². The third-order valence-corrected chi connectivity index (χ3v) is 3.22. The van der Waals surface area contributed by atoms with Crippen molar-refractivity contribution in [2.45, 2.75) is 44.8 Å². The summed E-state index contributed by atoms with van der Waals surface area (Å²) in [6, 6.07) is 11.0. The summed E-state index contributed by atoms with van der Waals surface area (Å²) in [4.78, 5) is 0. The summed E-state index contributed by atoms with van der Waals surface area (Å²) in [5.74, 6) is 0. The zero-order valence-corrected chi connectivity index (χ0v) is 9.99. The van der Waals surface area contributed by atoms with Crippen LogP contribution in [0.5, 0.6) is 0 Å². The van der Waals surface area contributed by atoms with Crippen molar-refractivity contribution in [3.8, 4) is 0 Å². The fourth-order valence-corrected chi connectivity index (χ4v) is 2.31. The Hall–Kier alpha value is -0.860. The highest BCUT2D eigenvalue weighted by molar-refractivity contribution is 5.19. The summed E-state index contributed by atoms with van der Waals surface area (Å²) < 4.78 is 5.77. The van der Waals surface area contributed by atoms with Gasteiger partial charge in [0.25, 0.3) is 0 Å². The molecule has 88 valence electrons. The lowest BCUT2D eigenvalue weighted by molar-refractivity contribution is 0.101. The summed E-state index contributed by atoms with van der Waals surface area (Å²) in [5.41, 5.74) is 1.30. The lowest BCUT2D eigenvalue weighted by Crippen LogP contribution is -2.25. The van der Waals surface area contributed by atoms with Gasteiger partial charge >= 0.3 is 0 Å². The second-order valence-corrected chi connectivity index (χ2v) is 4.45. The second kappa shape index (κ2) is 6.02. The Labute approximate surface area is 98.0 Å². The molecule has 2 nitrogen and oxygen atoms in total. The molecule has 1 heterocycles. The van der Waals surface area contributed by atoms with Gasteiger partial charge in [0.15, 0.2) is 0 Å². The van der Waals surface area contributed by atoms with Crippen molar-refractivity contribution in [2.75, 3.05) is 6.73 Å². The van der Waals surface area contributed by atoms with Gasteiger partial charge in [0.05, 0.1) is 12.8 Å². The maximum atomic E-state index is 5.77. The summed E-state index contributed by atoms with van der Waals surface area (Å²) in [5, 5.41) is 3.44. The molecule has 2 atom stereocenters. The minimum absolute atomic E-state index is 0.248. The van der Waals surface area contributed by atoms with Gasteiger partial charge in [-0.25, -0.2) is 0 Å². The molecule has 1 N–H and O–H groups in total. The zero-order valence-electron chi connectivity index (χ0n) is 9.99. The number of rotatable bonds is 5. The van der Waals surface area contributed by atoms with E-state index in [1.54, 1.807) is 0 Å². The maximum absolute atomic E-state index is 5.77. The van der Waals surface area contributed by atoms with Crippen LogP contribution >= 0.6 is 0 Å². The molecule has 16 heavy (non-hydrogen) atoms. The molecule has 0 saturated carbocycles. The van der Waals surface area contributed by atoms with Crippen LogP contribution in [0.15, 0.2) is 30.3 Å². The largest absolute Gasteiger partial charge is 0.357 e. The van der Waals surface area contributed by atoms with Gasteiger partial charge in [0.1, 0.15) is 0 Å². The monoisotopic (exact) mass is 219 g/mol. The van der Waals surface area contributed by atoms with Crippen LogP contribution in [-0.2, 0) is 4.74 Å². The van der Waals surface area contributed by atoms with Crippen molar-refractivity contribution < 1.29 is 4.74 Å². The van der Waals surface area contributed by atoms with E-state index in [2.05, 4.69) is 42.6 Å². The highest BCUT2D eigenvalue weighted by atomic mass is 16.5. The van der Waals surface area contributed by atoms with E-state index in [4.69, 9.17) is 4.74 Å². The summed E-state index contributed by atoms with van der Waals surface area (Å²) in [6.07, 6.45) is 5.36. The summed E-state index contributed by atoms with van der Waals surface area (Å²) >= 11 is 0. The van der Waals surface area contributed by atoms with Crippen LogP contribution in [0.1, 0.15) is 44.3 Å². The molecular formula is C14H21NO. The molecule has 0 spiro atoms. The fourth-order valence-electron chi connectivity index (χ4n) is 2.31. The molecule has 2 rings (SSSR count). The van der Waals surface area contributed by atoms with E-state index >= 15 is 0 Å². The van der Waals surface area contributed by atoms with Gasteiger partial charge in [-0.15, -0.1) is 0 Å². The lowest BCUT2D eigenvalue weighted by atomic mass is 9.98. The van der Waals surface area contributed by atoms with E-state index in [-0.39, 0.29) is 6.10 Å². The first-order valence-electron chi connectivity index (χ1n) is 6.31. The van der Waals surface area contributed by atoms with E-state index in [0.29, 0.717) is 12.8 Å². The van der Waals surface area contributed by atoms with E-state index in [1.165, 1.54) is 31.2 Å². The zero-order chi connectivity index (χ0) is 11.2. The topological polar surface area (TPSA) is 21.3 Å². The molecule has 0 aliphatic carbocycles. The SMILES string of the molecule is CCCCC[C@@H]1NCO[C@@H]1c1ccccc1. The van der Waals surface area contributed by atoms with E-state index in [1.807, 2.05) is 0 Å². The van der Waals surface area contributed by atoms with Crippen molar-refractivity contribution in [2.24, 2.45) is 0 Å². The second-order valence-electron chi connectivity index (χ2n) is 4.45. The number of hydrogen-bond donors (Lipinski definition) is 1. The minimum Gasteiger partial charge on any atom is -0.357 e. The average molecular weight is 219 g/mol. The highest BCUT2D eigenvalue weighted by Crippen LogP contribution is 2.27. The van der Waals surface area contributed by atoms with Crippen LogP contribution < -0.4 is 5.32 Å². The summed E-state index contributed by atoms with van der Waals surface area (Å²) in [7, 11) is 0. The number of benzene rings is 1. The lowest BCUT2D eigenvalue weighted by Gasteiger charge is -2.18. The Balaban J connectivity index is 1.93. The average Bonchev–Trinajstić information content (AvgIpc) is 2.79. The molecule has 1 aromatic carbocycles. The molecular weight excluding hydrogens is 198 g/mol. The van der Waals surface area contributed by atoms with Crippen LogP contribution in [0.3, 0.4) is 0 Å². The maximum Gasteiger partial charge on any atom is 0.0996 e. The van der Waals surface area contributed by atoms with Gasteiger partial charge in [-0.3, -0.25) is 5.32 Å². The number of hydrogen-bond acceptors (Lipinski definition) is 2. The van der Waals surface area contributed by atoms with E-state index < -0.39 is 0 Å². The van der Waals surface area contributed by atoms with Crippen LogP contribution in [-0.4, -0.2) is 12.8 Å². The molecule has 1 aliphatic heterocycles. The third-order valence-electron chi connectivity index (χ3n) is 3.22.